The van der Waals surface area contributed by atoms with E-state index in [-0.39, 0.29) is 0 Å². The fourth-order valence-corrected chi connectivity index (χ4v) is 6.28. The maximum absolute atomic E-state index is 6.13. The van der Waals surface area contributed by atoms with Gasteiger partial charge < -0.3 is 4.42 Å². The van der Waals surface area contributed by atoms with Crippen molar-refractivity contribution in [1.29, 1.82) is 0 Å². The topological polar surface area (TPSA) is 38.9 Å². The van der Waals surface area contributed by atoms with Gasteiger partial charge in [-0.15, -0.1) is 0 Å². The van der Waals surface area contributed by atoms with E-state index in [1.54, 1.807) is 0 Å². The first-order chi connectivity index (χ1) is 21.3. The summed E-state index contributed by atoms with van der Waals surface area (Å²) in [5, 5.41) is 6.90. The number of nitrogens with zero attached hydrogens (tertiary/aromatic N) is 2. The number of hydrogen-bond acceptors (Lipinski definition) is 3. The van der Waals surface area contributed by atoms with E-state index < -0.39 is 0 Å². The molecule has 2 heterocycles. The maximum Gasteiger partial charge on any atom is 0.136 e. The second-order valence-electron chi connectivity index (χ2n) is 11.0. The van der Waals surface area contributed by atoms with Crippen LogP contribution in [0.5, 0.6) is 0 Å². The summed E-state index contributed by atoms with van der Waals surface area (Å²) in [6, 6.07) is 50.8. The molecule has 3 nitrogen and oxygen atoms in total. The first-order valence-electron chi connectivity index (χ1n) is 14.5. The minimum Gasteiger partial charge on any atom is -0.456 e. The molecule has 0 unspecified atom stereocenters. The first kappa shape index (κ1) is 23.9. The van der Waals surface area contributed by atoms with Gasteiger partial charge >= 0.3 is 0 Å². The van der Waals surface area contributed by atoms with Crippen molar-refractivity contribution in [2.75, 3.05) is 0 Å². The van der Waals surface area contributed by atoms with Crippen LogP contribution in [0.25, 0.3) is 88.2 Å². The smallest absolute Gasteiger partial charge is 0.136 e. The number of hydrogen-bond donors (Lipinski definition) is 0. The van der Waals surface area contributed by atoms with Gasteiger partial charge in [-0.3, -0.25) is 0 Å². The van der Waals surface area contributed by atoms with Gasteiger partial charge in [0.15, 0.2) is 0 Å². The lowest BCUT2D eigenvalue weighted by Gasteiger charge is -2.13. The molecule has 0 spiro atoms. The Labute approximate surface area is 247 Å². The van der Waals surface area contributed by atoms with Crippen LogP contribution in [0.3, 0.4) is 0 Å². The molecule has 7 aromatic carbocycles. The van der Waals surface area contributed by atoms with Gasteiger partial charge in [-0.25, -0.2) is 9.97 Å². The summed E-state index contributed by atoms with van der Waals surface area (Å²) in [6.45, 7) is 0. The zero-order chi connectivity index (χ0) is 28.3. The minimum absolute atomic E-state index is 0.878. The molecule has 0 radical (unpaired) electrons. The predicted molar refractivity (Wildman–Crippen MR) is 178 cm³/mol. The molecule has 2 aromatic heterocycles. The van der Waals surface area contributed by atoms with Crippen LogP contribution in [-0.4, -0.2) is 9.97 Å². The van der Waals surface area contributed by atoms with Crippen LogP contribution in [0.1, 0.15) is 0 Å². The molecule has 3 heteroatoms. The van der Waals surface area contributed by atoms with E-state index in [1.807, 2.05) is 18.2 Å². The summed E-state index contributed by atoms with van der Waals surface area (Å²) in [5.41, 5.74) is 9.78. The average Bonchev–Trinajstić information content (AvgIpc) is 3.44. The second kappa shape index (κ2) is 9.37. The van der Waals surface area contributed by atoms with Crippen LogP contribution in [0.2, 0.25) is 0 Å². The van der Waals surface area contributed by atoms with Crippen LogP contribution in [0, 0.1) is 0 Å². The van der Waals surface area contributed by atoms with Gasteiger partial charge in [0.25, 0.3) is 0 Å². The fraction of sp³-hybridized carbons (Fsp3) is 0. The Kier molecular flexibility index (Phi) is 5.20. The normalized spacial score (nSPS) is 11.7. The van der Waals surface area contributed by atoms with Gasteiger partial charge in [0.1, 0.15) is 11.2 Å². The van der Waals surface area contributed by atoms with E-state index in [0.717, 1.165) is 82.8 Å². The molecular formula is C40H24N2O. The minimum atomic E-state index is 0.878. The first-order valence-corrected chi connectivity index (χ1v) is 14.5. The molecule has 200 valence electrons. The quantitative estimate of drug-likeness (QED) is 0.206. The van der Waals surface area contributed by atoms with Crippen molar-refractivity contribution < 1.29 is 4.42 Å². The molecule has 0 aliphatic rings. The lowest BCUT2D eigenvalue weighted by molar-refractivity contribution is 0.669. The summed E-state index contributed by atoms with van der Waals surface area (Å²) in [5.74, 6) is 0. The van der Waals surface area contributed by atoms with E-state index in [0.29, 0.717) is 0 Å². The van der Waals surface area contributed by atoms with Crippen molar-refractivity contribution in [1.82, 2.24) is 9.97 Å². The summed E-state index contributed by atoms with van der Waals surface area (Å²) in [6.07, 6.45) is 0. The highest BCUT2D eigenvalue weighted by atomic mass is 16.3. The number of aromatic nitrogens is 2. The van der Waals surface area contributed by atoms with E-state index in [2.05, 4.69) is 127 Å². The summed E-state index contributed by atoms with van der Waals surface area (Å²) >= 11 is 0. The van der Waals surface area contributed by atoms with Crippen LogP contribution in [0.15, 0.2) is 150 Å². The molecule has 9 aromatic rings. The van der Waals surface area contributed by atoms with Crippen LogP contribution in [-0.2, 0) is 0 Å². The average molecular weight is 549 g/mol. The molecule has 43 heavy (non-hydrogen) atoms. The largest absolute Gasteiger partial charge is 0.456 e. The maximum atomic E-state index is 6.13. The van der Waals surface area contributed by atoms with E-state index >= 15 is 0 Å². The second-order valence-corrected chi connectivity index (χ2v) is 11.0. The Morgan fingerprint density at radius 1 is 0.372 bits per heavy atom. The van der Waals surface area contributed by atoms with Crippen molar-refractivity contribution in [2.45, 2.75) is 0 Å². The summed E-state index contributed by atoms with van der Waals surface area (Å²) in [4.78, 5) is 10.5. The van der Waals surface area contributed by atoms with Crippen LogP contribution >= 0.6 is 0 Å². The SMILES string of the molecule is c1ccc(-c2nc3c(ccc4ccccc43)nc2-c2cccc(-c3ccc4cc5oc6ccccc6c5cc4c3)c2)cc1. The zero-order valence-corrected chi connectivity index (χ0v) is 23.2. The molecule has 0 aliphatic carbocycles. The van der Waals surface area contributed by atoms with Crippen molar-refractivity contribution in [3.63, 3.8) is 0 Å². The standard InChI is InChI=1S/C40H24N2O/c1-2-10-26(11-3-1)38-39(41-35-20-19-25-9-4-5-14-32(25)40(35)42-38)30-13-8-12-27(21-30)28-17-18-29-24-37-34(23-31(29)22-28)33-15-6-7-16-36(33)43-37/h1-24H. The molecule has 0 saturated carbocycles. The summed E-state index contributed by atoms with van der Waals surface area (Å²) < 4.78 is 6.13. The monoisotopic (exact) mass is 548 g/mol. The Hall–Kier alpha value is -5.80. The van der Waals surface area contributed by atoms with E-state index in [1.165, 1.54) is 5.39 Å². The van der Waals surface area contributed by atoms with E-state index in [4.69, 9.17) is 14.4 Å². The molecule has 0 N–H and O–H groups in total. The lowest BCUT2D eigenvalue weighted by atomic mass is 9.96. The number of para-hydroxylation sites is 1. The Morgan fingerprint density at radius 3 is 2.02 bits per heavy atom. The molecule has 9 rings (SSSR count). The van der Waals surface area contributed by atoms with Gasteiger partial charge in [0.2, 0.25) is 0 Å². The zero-order valence-electron chi connectivity index (χ0n) is 23.2. The van der Waals surface area contributed by atoms with E-state index in [9.17, 15) is 0 Å². The highest BCUT2D eigenvalue weighted by Crippen LogP contribution is 2.37. The Bertz CT molecular complexity index is 2510. The van der Waals surface area contributed by atoms with Crippen molar-refractivity contribution in [3.05, 3.63) is 146 Å². The fourth-order valence-electron chi connectivity index (χ4n) is 6.28. The van der Waals surface area contributed by atoms with Crippen molar-refractivity contribution >= 4 is 54.5 Å². The number of benzene rings is 7. The van der Waals surface area contributed by atoms with Gasteiger partial charge in [0.05, 0.1) is 22.4 Å². The predicted octanol–water partition coefficient (Wildman–Crippen LogP) is 10.8. The van der Waals surface area contributed by atoms with Crippen molar-refractivity contribution in [3.8, 4) is 33.6 Å². The van der Waals surface area contributed by atoms with Gasteiger partial charge in [-0.05, 0) is 63.7 Å². The van der Waals surface area contributed by atoms with Crippen LogP contribution in [0.4, 0.5) is 0 Å². The van der Waals surface area contributed by atoms with Gasteiger partial charge in [-0.1, -0.05) is 109 Å². The molecule has 0 aliphatic heterocycles. The van der Waals surface area contributed by atoms with Gasteiger partial charge in [-0.2, -0.15) is 0 Å². The Balaban J connectivity index is 1.22. The summed E-state index contributed by atoms with van der Waals surface area (Å²) in [7, 11) is 0. The molecule has 0 saturated heterocycles. The number of fused-ring (bicyclic) bond motifs is 7. The molecule has 0 bridgehead atoms. The number of furan rings is 1. The van der Waals surface area contributed by atoms with Gasteiger partial charge in [0, 0.05) is 27.3 Å². The third-order valence-corrected chi connectivity index (χ3v) is 8.41. The molecule has 0 fully saturated rings. The highest BCUT2D eigenvalue weighted by Gasteiger charge is 2.16. The Morgan fingerprint density at radius 2 is 1.09 bits per heavy atom. The number of rotatable bonds is 3. The molecule has 0 atom stereocenters. The third kappa shape index (κ3) is 3.90. The lowest BCUT2D eigenvalue weighted by Crippen LogP contribution is -1.96. The molecule has 0 amide bonds. The highest BCUT2D eigenvalue weighted by molar-refractivity contribution is 6.10. The third-order valence-electron chi connectivity index (χ3n) is 8.41. The molecular weight excluding hydrogens is 524 g/mol. The van der Waals surface area contributed by atoms with Crippen LogP contribution < -0.4 is 0 Å². The van der Waals surface area contributed by atoms with Crippen molar-refractivity contribution in [2.24, 2.45) is 0 Å².